The number of azide groups is 1. The molecule has 0 aliphatic rings. The van der Waals surface area contributed by atoms with Crippen molar-refractivity contribution < 1.29 is 13.2 Å². The van der Waals surface area contributed by atoms with Gasteiger partial charge in [0.15, 0.2) is 0 Å². The standard InChI is InChI=1S/C11H5F3N4/c12-11(13,14)10-4-3-9(7-15)8(6-10)2-1-5-17-18-16/h3-4,6H,5H2. The molecule has 0 aromatic heterocycles. The molecule has 0 bridgehead atoms. The Kier molecular flexibility index (Phi) is 4.20. The smallest absolute Gasteiger partial charge is 0.192 e. The van der Waals surface area contributed by atoms with Crippen LogP contribution in [-0.2, 0) is 6.18 Å². The Bertz CT molecular complexity index is 595. The number of alkyl halides is 3. The molecule has 0 saturated carbocycles. The summed E-state index contributed by atoms with van der Waals surface area (Å²) in [6.07, 6.45) is -4.49. The van der Waals surface area contributed by atoms with Gasteiger partial charge >= 0.3 is 6.18 Å². The fourth-order valence-electron chi connectivity index (χ4n) is 1.12. The van der Waals surface area contributed by atoms with Gasteiger partial charge in [0.1, 0.15) is 6.07 Å². The maximum Gasteiger partial charge on any atom is 0.416 e. The average Bonchev–Trinajstić information content (AvgIpc) is 2.33. The summed E-state index contributed by atoms with van der Waals surface area (Å²) < 4.78 is 37.3. The van der Waals surface area contributed by atoms with E-state index in [2.05, 4.69) is 21.9 Å². The van der Waals surface area contributed by atoms with Crippen molar-refractivity contribution in [3.8, 4) is 17.9 Å². The van der Waals surface area contributed by atoms with E-state index in [4.69, 9.17) is 10.8 Å². The van der Waals surface area contributed by atoms with E-state index in [-0.39, 0.29) is 17.7 Å². The molecule has 0 spiro atoms. The Morgan fingerprint density at radius 2 is 2.06 bits per heavy atom. The lowest BCUT2D eigenvalue weighted by Crippen LogP contribution is -2.05. The molecule has 7 heteroatoms. The van der Waals surface area contributed by atoms with E-state index in [0.29, 0.717) is 0 Å². The summed E-state index contributed by atoms with van der Waals surface area (Å²) in [7, 11) is 0. The third-order valence-corrected chi connectivity index (χ3v) is 1.90. The summed E-state index contributed by atoms with van der Waals surface area (Å²) >= 11 is 0. The second-order valence-corrected chi connectivity index (χ2v) is 3.06. The largest absolute Gasteiger partial charge is 0.416 e. The molecule has 1 aromatic rings. The summed E-state index contributed by atoms with van der Waals surface area (Å²) in [5, 5.41) is 11.8. The van der Waals surface area contributed by atoms with E-state index in [1.165, 1.54) is 0 Å². The first-order valence-corrected chi connectivity index (χ1v) is 4.60. The normalized spacial score (nSPS) is 9.67. The lowest BCUT2D eigenvalue weighted by molar-refractivity contribution is -0.137. The van der Waals surface area contributed by atoms with Crippen molar-refractivity contribution in [1.29, 1.82) is 5.26 Å². The topological polar surface area (TPSA) is 72.5 Å². The highest BCUT2D eigenvalue weighted by Gasteiger charge is 2.30. The van der Waals surface area contributed by atoms with Gasteiger partial charge in [0.05, 0.1) is 17.7 Å². The molecule has 0 radical (unpaired) electrons. The Morgan fingerprint density at radius 1 is 1.33 bits per heavy atom. The molecule has 1 aromatic carbocycles. The van der Waals surface area contributed by atoms with Crippen LogP contribution in [0.5, 0.6) is 0 Å². The first kappa shape index (κ1) is 13.4. The first-order chi connectivity index (χ1) is 8.49. The van der Waals surface area contributed by atoms with Crippen LogP contribution in [0.15, 0.2) is 23.3 Å². The van der Waals surface area contributed by atoms with Crippen molar-refractivity contribution in [2.45, 2.75) is 6.18 Å². The van der Waals surface area contributed by atoms with Gasteiger partial charge in [-0.2, -0.15) is 18.4 Å². The van der Waals surface area contributed by atoms with E-state index >= 15 is 0 Å². The van der Waals surface area contributed by atoms with Gasteiger partial charge in [-0.05, 0) is 23.7 Å². The van der Waals surface area contributed by atoms with Crippen LogP contribution in [0.4, 0.5) is 13.2 Å². The third kappa shape index (κ3) is 3.44. The number of rotatable bonds is 1. The molecule has 4 nitrogen and oxygen atoms in total. The van der Waals surface area contributed by atoms with Crippen LogP contribution in [0.25, 0.3) is 10.4 Å². The lowest BCUT2D eigenvalue weighted by atomic mass is 10.0. The fourth-order valence-corrected chi connectivity index (χ4v) is 1.12. The van der Waals surface area contributed by atoms with Crippen LogP contribution in [0.3, 0.4) is 0 Å². The summed E-state index contributed by atoms with van der Waals surface area (Å²) in [5.41, 5.74) is 7.12. The molecule has 0 saturated heterocycles. The van der Waals surface area contributed by atoms with Crippen LogP contribution in [0, 0.1) is 23.2 Å². The predicted molar refractivity (Wildman–Crippen MR) is 57.1 cm³/mol. The average molecular weight is 250 g/mol. The summed E-state index contributed by atoms with van der Waals surface area (Å²) in [6.45, 7) is -0.169. The number of benzene rings is 1. The molecule has 0 amide bonds. The monoisotopic (exact) mass is 250 g/mol. The zero-order chi connectivity index (χ0) is 13.6. The Labute approximate surface area is 100 Å². The van der Waals surface area contributed by atoms with Crippen LogP contribution < -0.4 is 0 Å². The number of hydrogen-bond acceptors (Lipinski definition) is 2. The van der Waals surface area contributed by atoms with E-state index in [1.54, 1.807) is 6.07 Å². The van der Waals surface area contributed by atoms with Crippen molar-refractivity contribution in [1.82, 2.24) is 0 Å². The van der Waals surface area contributed by atoms with Crippen molar-refractivity contribution >= 4 is 0 Å². The van der Waals surface area contributed by atoms with E-state index in [9.17, 15) is 13.2 Å². The first-order valence-electron chi connectivity index (χ1n) is 4.60. The number of halogens is 3. The fraction of sp³-hybridized carbons (Fsp3) is 0.182. The predicted octanol–water partition coefficient (Wildman–Crippen LogP) is 3.24. The van der Waals surface area contributed by atoms with Gasteiger partial charge < -0.3 is 0 Å². The summed E-state index contributed by atoms with van der Waals surface area (Å²) in [5.74, 6) is 4.74. The van der Waals surface area contributed by atoms with E-state index in [0.717, 1.165) is 18.2 Å². The molecule has 0 heterocycles. The molecule has 0 N–H and O–H groups in total. The maximum absolute atomic E-state index is 12.4. The van der Waals surface area contributed by atoms with Crippen LogP contribution in [-0.4, -0.2) is 6.54 Å². The minimum Gasteiger partial charge on any atom is -0.192 e. The molecule has 18 heavy (non-hydrogen) atoms. The van der Waals surface area contributed by atoms with Crippen molar-refractivity contribution in [2.24, 2.45) is 5.11 Å². The molecular formula is C11H5F3N4. The van der Waals surface area contributed by atoms with Gasteiger partial charge in [-0.25, -0.2) is 0 Å². The lowest BCUT2D eigenvalue weighted by Gasteiger charge is -2.07. The zero-order valence-electron chi connectivity index (χ0n) is 8.86. The molecule has 0 aliphatic heterocycles. The quantitative estimate of drug-likeness (QED) is 0.326. The Balaban J connectivity index is 3.18. The van der Waals surface area contributed by atoms with Crippen LogP contribution in [0.2, 0.25) is 0 Å². The highest BCUT2D eigenvalue weighted by molar-refractivity contribution is 5.50. The van der Waals surface area contributed by atoms with Crippen LogP contribution in [0.1, 0.15) is 16.7 Å². The molecular weight excluding hydrogens is 245 g/mol. The number of nitriles is 1. The SMILES string of the molecule is N#Cc1ccc(C(F)(F)F)cc1C#CCN=[N+]=[N-]. The molecule has 0 unspecified atom stereocenters. The third-order valence-electron chi connectivity index (χ3n) is 1.90. The van der Waals surface area contributed by atoms with Crippen LogP contribution >= 0.6 is 0 Å². The van der Waals surface area contributed by atoms with E-state index in [1.807, 2.05) is 0 Å². The van der Waals surface area contributed by atoms with Gasteiger partial charge in [0, 0.05) is 10.5 Å². The van der Waals surface area contributed by atoms with Gasteiger partial charge in [-0.3, -0.25) is 0 Å². The minimum atomic E-state index is -4.49. The highest BCUT2D eigenvalue weighted by atomic mass is 19.4. The van der Waals surface area contributed by atoms with Crippen molar-refractivity contribution in [2.75, 3.05) is 6.54 Å². The second-order valence-electron chi connectivity index (χ2n) is 3.06. The van der Waals surface area contributed by atoms with Gasteiger partial charge in [0.2, 0.25) is 0 Å². The second kappa shape index (κ2) is 5.62. The van der Waals surface area contributed by atoms with Gasteiger partial charge in [-0.1, -0.05) is 17.0 Å². The molecule has 0 aliphatic carbocycles. The maximum atomic E-state index is 12.4. The van der Waals surface area contributed by atoms with Crippen molar-refractivity contribution in [3.63, 3.8) is 0 Å². The molecule has 90 valence electrons. The minimum absolute atomic E-state index is 0.0384. The highest BCUT2D eigenvalue weighted by Crippen LogP contribution is 2.30. The van der Waals surface area contributed by atoms with Crippen molar-refractivity contribution in [3.05, 3.63) is 45.3 Å². The summed E-state index contributed by atoms with van der Waals surface area (Å²) in [6, 6.07) is 4.41. The number of nitrogens with zero attached hydrogens (tertiary/aromatic N) is 4. The molecule has 0 atom stereocenters. The zero-order valence-corrected chi connectivity index (χ0v) is 8.86. The molecule has 1 rings (SSSR count). The van der Waals surface area contributed by atoms with E-state index < -0.39 is 11.7 Å². The number of hydrogen-bond donors (Lipinski definition) is 0. The summed E-state index contributed by atoms with van der Waals surface area (Å²) in [4.78, 5) is 2.44. The Hall–Kier alpha value is -2.63. The molecule has 0 fully saturated rings. The van der Waals surface area contributed by atoms with Gasteiger partial charge in [-0.15, -0.1) is 0 Å². The van der Waals surface area contributed by atoms with Gasteiger partial charge in [0.25, 0.3) is 0 Å². The Morgan fingerprint density at radius 3 is 2.61 bits per heavy atom.